The highest BCUT2D eigenvalue weighted by molar-refractivity contribution is 6.21. The predicted octanol–water partition coefficient (Wildman–Crippen LogP) is 12.8. The normalized spacial score (nSPS) is 11.9. The summed E-state index contributed by atoms with van der Waals surface area (Å²) in [5.74, 6) is 0. The smallest absolute Gasteiger partial charge is 0.139 e. The molecule has 46 heavy (non-hydrogen) atoms. The van der Waals surface area contributed by atoms with Gasteiger partial charge in [-0.15, -0.1) is 0 Å². The predicted molar refractivity (Wildman–Crippen MR) is 192 cm³/mol. The summed E-state index contributed by atoms with van der Waals surface area (Å²) in [6, 6.07) is 56.3. The summed E-state index contributed by atoms with van der Waals surface area (Å²) in [5.41, 5.74) is 10.8. The maximum Gasteiger partial charge on any atom is 0.139 e. The average molecular weight is 587 g/mol. The first-order chi connectivity index (χ1) is 22.8. The molecule has 0 spiro atoms. The minimum atomic E-state index is 0.840. The van der Waals surface area contributed by atoms with Gasteiger partial charge in [-0.3, -0.25) is 0 Å². The van der Waals surface area contributed by atoms with Crippen LogP contribution >= 0.6 is 0 Å². The van der Waals surface area contributed by atoms with E-state index in [0.717, 1.165) is 49.4 Å². The van der Waals surface area contributed by atoms with Crippen LogP contribution in [0.4, 0.5) is 0 Å². The van der Waals surface area contributed by atoms with Crippen LogP contribution in [0.15, 0.2) is 167 Å². The summed E-state index contributed by atoms with van der Waals surface area (Å²) < 4.78 is 12.4. The van der Waals surface area contributed by atoms with Gasteiger partial charge in [0.2, 0.25) is 0 Å². The lowest BCUT2D eigenvalue weighted by molar-refractivity contribution is 0.656. The van der Waals surface area contributed by atoms with Gasteiger partial charge in [-0.05, 0) is 79.2 Å². The van der Waals surface area contributed by atoms with Crippen molar-refractivity contribution in [2.24, 2.45) is 0 Å². The van der Waals surface area contributed by atoms with Crippen molar-refractivity contribution < 1.29 is 8.83 Å². The van der Waals surface area contributed by atoms with Gasteiger partial charge in [0.05, 0.1) is 0 Å². The van der Waals surface area contributed by atoms with Gasteiger partial charge >= 0.3 is 0 Å². The van der Waals surface area contributed by atoms with Crippen LogP contribution < -0.4 is 0 Å². The number of benzene rings is 8. The van der Waals surface area contributed by atoms with Gasteiger partial charge in [0, 0.05) is 27.6 Å². The first-order valence-corrected chi connectivity index (χ1v) is 15.7. The number of furan rings is 2. The molecule has 0 bridgehead atoms. The van der Waals surface area contributed by atoms with Crippen LogP contribution in [0.3, 0.4) is 0 Å². The lowest BCUT2D eigenvalue weighted by Gasteiger charge is -2.18. The van der Waals surface area contributed by atoms with E-state index in [2.05, 4.69) is 140 Å². The summed E-state index contributed by atoms with van der Waals surface area (Å²) in [5, 5.41) is 9.50. The van der Waals surface area contributed by atoms with Crippen molar-refractivity contribution in [3.63, 3.8) is 0 Å². The molecule has 0 amide bonds. The Morgan fingerprint density at radius 2 is 0.674 bits per heavy atom. The molecule has 0 aliphatic rings. The number of para-hydroxylation sites is 1. The van der Waals surface area contributed by atoms with Crippen molar-refractivity contribution in [3.8, 4) is 33.4 Å². The zero-order chi connectivity index (χ0) is 30.2. The molecule has 10 aromatic rings. The molecule has 0 atom stereocenters. The van der Waals surface area contributed by atoms with E-state index in [1.165, 1.54) is 49.4 Å². The zero-order valence-corrected chi connectivity index (χ0v) is 24.8. The van der Waals surface area contributed by atoms with Gasteiger partial charge in [0.25, 0.3) is 0 Å². The fraction of sp³-hybridized carbons (Fsp3) is 0. The third-order valence-electron chi connectivity index (χ3n) is 9.47. The van der Waals surface area contributed by atoms with Crippen LogP contribution in [-0.2, 0) is 0 Å². The monoisotopic (exact) mass is 586 g/mol. The number of hydrogen-bond acceptors (Lipinski definition) is 2. The Hall–Kier alpha value is -6.12. The molecule has 2 aromatic heterocycles. The van der Waals surface area contributed by atoms with Gasteiger partial charge in [-0.25, -0.2) is 0 Å². The fourth-order valence-electron chi connectivity index (χ4n) is 7.36. The van der Waals surface area contributed by atoms with Crippen LogP contribution in [0, 0.1) is 0 Å². The molecule has 10 rings (SSSR count). The van der Waals surface area contributed by atoms with Gasteiger partial charge < -0.3 is 8.83 Å². The van der Waals surface area contributed by atoms with Crippen molar-refractivity contribution in [3.05, 3.63) is 158 Å². The SMILES string of the molecule is c1ccc(-c2c3ccccc3c(-c3ccc(-c4ccc5oc6cc7oc8ccccc8c7cc6c5c4)cc3)c3ccccc23)cc1. The third kappa shape index (κ3) is 3.71. The van der Waals surface area contributed by atoms with E-state index in [-0.39, 0.29) is 0 Å². The standard InChI is InChI=1S/C44H26O2/c1-2-10-28(11-3-1)43-32-13-4-6-15-34(32)44(35-16-7-5-14-33(35)43)29-20-18-27(19-21-29)30-22-23-40-36(24-30)38-25-37-31-12-8-9-17-39(31)45-41(37)26-42(38)46-40/h1-26H. The molecular formula is C44H26O2. The van der Waals surface area contributed by atoms with Crippen molar-refractivity contribution in [1.82, 2.24) is 0 Å². The van der Waals surface area contributed by atoms with Crippen LogP contribution in [0.2, 0.25) is 0 Å². The van der Waals surface area contributed by atoms with Crippen molar-refractivity contribution in [2.75, 3.05) is 0 Å². The molecule has 2 heterocycles. The quantitative estimate of drug-likeness (QED) is 0.193. The minimum Gasteiger partial charge on any atom is -0.456 e. The van der Waals surface area contributed by atoms with E-state index in [1.807, 2.05) is 18.2 Å². The summed E-state index contributed by atoms with van der Waals surface area (Å²) in [6.45, 7) is 0. The molecule has 0 saturated carbocycles. The Morgan fingerprint density at radius 1 is 0.239 bits per heavy atom. The summed E-state index contributed by atoms with van der Waals surface area (Å²) in [6.07, 6.45) is 0. The topological polar surface area (TPSA) is 26.3 Å². The van der Waals surface area contributed by atoms with Gasteiger partial charge in [0.15, 0.2) is 0 Å². The fourth-order valence-corrected chi connectivity index (χ4v) is 7.36. The van der Waals surface area contributed by atoms with E-state index in [4.69, 9.17) is 8.83 Å². The van der Waals surface area contributed by atoms with Gasteiger partial charge in [-0.2, -0.15) is 0 Å². The highest BCUT2D eigenvalue weighted by atomic mass is 16.3. The van der Waals surface area contributed by atoms with Crippen molar-refractivity contribution >= 4 is 65.4 Å². The van der Waals surface area contributed by atoms with Crippen molar-refractivity contribution in [1.29, 1.82) is 0 Å². The average Bonchev–Trinajstić information content (AvgIpc) is 3.66. The molecular weight excluding hydrogens is 560 g/mol. The molecule has 0 fully saturated rings. The molecule has 0 aliphatic carbocycles. The first-order valence-electron chi connectivity index (χ1n) is 15.7. The summed E-state index contributed by atoms with van der Waals surface area (Å²) in [7, 11) is 0. The zero-order valence-electron chi connectivity index (χ0n) is 24.8. The maximum absolute atomic E-state index is 6.29. The summed E-state index contributed by atoms with van der Waals surface area (Å²) in [4.78, 5) is 0. The van der Waals surface area contributed by atoms with E-state index >= 15 is 0 Å². The number of hydrogen-bond donors (Lipinski definition) is 0. The van der Waals surface area contributed by atoms with E-state index in [9.17, 15) is 0 Å². The van der Waals surface area contributed by atoms with E-state index in [0.29, 0.717) is 0 Å². The second-order valence-electron chi connectivity index (χ2n) is 12.0. The second kappa shape index (κ2) is 9.69. The second-order valence-corrected chi connectivity index (χ2v) is 12.0. The largest absolute Gasteiger partial charge is 0.456 e. The Labute approximate surface area is 264 Å². The Morgan fingerprint density at radius 3 is 1.30 bits per heavy atom. The summed E-state index contributed by atoms with van der Waals surface area (Å²) >= 11 is 0. The molecule has 2 nitrogen and oxygen atoms in total. The molecule has 0 radical (unpaired) electrons. The lowest BCUT2D eigenvalue weighted by Crippen LogP contribution is -1.90. The van der Waals surface area contributed by atoms with Crippen LogP contribution in [0.25, 0.3) is 98.8 Å². The molecule has 2 heteroatoms. The first kappa shape index (κ1) is 25.2. The highest BCUT2D eigenvalue weighted by Crippen LogP contribution is 2.44. The molecule has 0 unspecified atom stereocenters. The molecule has 0 N–H and O–H groups in total. The minimum absolute atomic E-state index is 0.840. The van der Waals surface area contributed by atoms with E-state index in [1.54, 1.807) is 0 Å². The molecule has 8 aromatic carbocycles. The third-order valence-corrected chi connectivity index (χ3v) is 9.47. The lowest BCUT2D eigenvalue weighted by atomic mass is 9.86. The highest BCUT2D eigenvalue weighted by Gasteiger charge is 2.17. The molecule has 214 valence electrons. The Balaban J connectivity index is 1.12. The maximum atomic E-state index is 6.29. The number of fused-ring (bicyclic) bond motifs is 8. The van der Waals surface area contributed by atoms with Gasteiger partial charge in [-0.1, -0.05) is 127 Å². The van der Waals surface area contributed by atoms with Crippen LogP contribution in [0.1, 0.15) is 0 Å². The van der Waals surface area contributed by atoms with Gasteiger partial charge in [0.1, 0.15) is 22.3 Å². The molecule has 0 saturated heterocycles. The Kier molecular flexibility index (Phi) is 5.31. The number of rotatable bonds is 3. The van der Waals surface area contributed by atoms with Crippen molar-refractivity contribution in [2.45, 2.75) is 0 Å². The van der Waals surface area contributed by atoms with E-state index < -0.39 is 0 Å². The Bertz CT molecular complexity index is 2720. The molecule has 0 aliphatic heterocycles. The van der Waals surface area contributed by atoms with Crippen LogP contribution in [-0.4, -0.2) is 0 Å². The van der Waals surface area contributed by atoms with Crippen LogP contribution in [0.5, 0.6) is 0 Å².